The molecule has 0 aliphatic carbocycles. The van der Waals surface area contributed by atoms with Gasteiger partial charge in [0.25, 0.3) is 0 Å². The van der Waals surface area contributed by atoms with E-state index in [1.807, 2.05) is 26.0 Å². The second-order valence-electron chi connectivity index (χ2n) is 4.68. The lowest BCUT2D eigenvalue weighted by molar-refractivity contribution is 0.232. The number of hydrogen-bond donors (Lipinski definition) is 0. The van der Waals surface area contributed by atoms with E-state index in [0.717, 1.165) is 11.1 Å². The Labute approximate surface area is 103 Å². The third kappa shape index (κ3) is 2.28. The molecule has 92 valence electrons. The van der Waals surface area contributed by atoms with Crippen LogP contribution in [0.2, 0.25) is 0 Å². The Morgan fingerprint density at radius 1 is 1.29 bits per heavy atom. The first kappa shape index (κ1) is 12.3. The second kappa shape index (κ2) is 4.27. The molecular formula is C13H17NO2S. The molecule has 0 radical (unpaired) electrons. The van der Waals surface area contributed by atoms with E-state index in [4.69, 9.17) is 0 Å². The van der Waals surface area contributed by atoms with Gasteiger partial charge < -0.3 is 0 Å². The Balaban J connectivity index is 2.16. The van der Waals surface area contributed by atoms with Gasteiger partial charge in [0, 0.05) is 19.0 Å². The van der Waals surface area contributed by atoms with Crippen LogP contribution in [0.25, 0.3) is 0 Å². The van der Waals surface area contributed by atoms with Gasteiger partial charge in [-0.25, -0.2) is 8.42 Å². The van der Waals surface area contributed by atoms with Gasteiger partial charge >= 0.3 is 0 Å². The monoisotopic (exact) mass is 251 g/mol. The molecule has 1 heterocycles. The molecule has 3 nitrogen and oxygen atoms in total. The number of benzene rings is 1. The van der Waals surface area contributed by atoms with Gasteiger partial charge in [-0.15, -0.1) is 0 Å². The zero-order valence-corrected chi connectivity index (χ0v) is 11.0. The van der Waals surface area contributed by atoms with Gasteiger partial charge in [-0.3, -0.25) is 0 Å². The maximum absolute atomic E-state index is 12.2. The summed E-state index contributed by atoms with van der Waals surface area (Å²) in [7, 11) is -3.29. The number of nitrogens with zero attached hydrogens (tertiary/aromatic N) is 1. The Morgan fingerprint density at radius 2 is 1.82 bits per heavy atom. The van der Waals surface area contributed by atoms with E-state index >= 15 is 0 Å². The Bertz CT molecular complexity index is 525. The van der Waals surface area contributed by atoms with Crippen LogP contribution in [0.15, 0.2) is 41.3 Å². The van der Waals surface area contributed by atoms with Crippen molar-refractivity contribution in [1.82, 2.24) is 4.31 Å². The highest BCUT2D eigenvalue weighted by molar-refractivity contribution is 7.89. The predicted molar refractivity (Wildman–Crippen MR) is 68.2 cm³/mol. The fraction of sp³-hybridized carbons (Fsp3) is 0.385. The molecule has 4 heteroatoms. The third-order valence-electron chi connectivity index (χ3n) is 3.20. The number of rotatable bonds is 3. The average Bonchev–Trinajstić information content (AvgIpc) is 2.14. The third-order valence-corrected chi connectivity index (χ3v) is 5.05. The van der Waals surface area contributed by atoms with Crippen LogP contribution in [0.4, 0.5) is 0 Å². The van der Waals surface area contributed by atoms with Gasteiger partial charge in [-0.2, -0.15) is 4.31 Å². The Kier molecular flexibility index (Phi) is 3.10. The summed E-state index contributed by atoms with van der Waals surface area (Å²) in [5.74, 6) is 0.315. The van der Waals surface area contributed by atoms with Crippen LogP contribution in [-0.4, -0.2) is 25.8 Å². The predicted octanol–water partition coefficient (Wildman–Crippen LogP) is 2.19. The van der Waals surface area contributed by atoms with Crippen molar-refractivity contribution in [2.24, 2.45) is 5.92 Å². The summed E-state index contributed by atoms with van der Waals surface area (Å²) >= 11 is 0. The molecule has 0 spiro atoms. The molecule has 17 heavy (non-hydrogen) atoms. The lowest BCUT2D eigenvalue weighted by atomic mass is 9.96. The summed E-state index contributed by atoms with van der Waals surface area (Å²) in [5.41, 5.74) is 2.12. The van der Waals surface area contributed by atoms with Crippen LogP contribution in [0.3, 0.4) is 0 Å². The molecule has 1 aliphatic rings. The maximum Gasteiger partial charge on any atom is 0.243 e. The molecule has 0 unspecified atom stereocenters. The fourth-order valence-electron chi connectivity index (χ4n) is 1.81. The van der Waals surface area contributed by atoms with Crippen molar-refractivity contribution in [1.29, 1.82) is 0 Å². The maximum atomic E-state index is 12.2. The van der Waals surface area contributed by atoms with Crippen molar-refractivity contribution in [2.75, 3.05) is 13.1 Å². The molecule has 1 aliphatic heterocycles. The van der Waals surface area contributed by atoms with Crippen molar-refractivity contribution in [3.63, 3.8) is 0 Å². The van der Waals surface area contributed by atoms with Crippen LogP contribution < -0.4 is 0 Å². The summed E-state index contributed by atoms with van der Waals surface area (Å²) in [5, 5.41) is 0. The van der Waals surface area contributed by atoms with Gasteiger partial charge in [0.1, 0.15) is 0 Å². The van der Waals surface area contributed by atoms with Crippen molar-refractivity contribution < 1.29 is 8.42 Å². The standard InChI is InChI=1S/C13H17NO2S/c1-10(2)12-8-14(9-12)17(15,16)13-6-4-11(3)5-7-13/h4-7,12H,1,8-9H2,2-3H3. The summed E-state index contributed by atoms with van der Waals surface area (Å²) in [4.78, 5) is 0.378. The highest BCUT2D eigenvalue weighted by atomic mass is 32.2. The SMILES string of the molecule is C=C(C)C1CN(S(=O)(=O)c2ccc(C)cc2)C1. The van der Waals surface area contributed by atoms with E-state index in [2.05, 4.69) is 6.58 Å². The summed E-state index contributed by atoms with van der Waals surface area (Å²) < 4.78 is 25.9. The molecule has 0 N–H and O–H groups in total. The van der Waals surface area contributed by atoms with E-state index < -0.39 is 10.0 Å². The highest BCUT2D eigenvalue weighted by Gasteiger charge is 2.36. The molecule has 1 aromatic rings. The minimum absolute atomic E-state index is 0.315. The average molecular weight is 251 g/mol. The summed E-state index contributed by atoms with van der Waals surface area (Å²) in [6.07, 6.45) is 0. The van der Waals surface area contributed by atoms with Crippen LogP contribution in [0.1, 0.15) is 12.5 Å². The second-order valence-corrected chi connectivity index (χ2v) is 6.62. The van der Waals surface area contributed by atoms with Crippen LogP contribution >= 0.6 is 0 Å². The molecular weight excluding hydrogens is 234 g/mol. The normalized spacial score (nSPS) is 17.8. The smallest absolute Gasteiger partial charge is 0.207 e. The van der Waals surface area contributed by atoms with Gasteiger partial charge in [-0.05, 0) is 26.0 Å². The first-order chi connectivity index (χ1) is 7.91. The lowest BCUT2D eigenvalue weighted by Gasteiger charge is -2.38. The lowest BCUT2D eigenvalue weighted by Crippen LogP contribution is -2.50. The number of hydrogen-bond acceptors (Lipinski definition) is 2. The van der Waals surface area contributed by atoms with E-state index in [-0.39, 0.29) is 0 Å². The van der Waals surface area contributed by atoms with Crippen molar-refractivity contribution in [3.8, 4) is 0 Å². The van der Waals surface area contributed by atoms with E-state index in [0.29, 0.717) is 23.9 Å². The Morgan fingerprint density at radius 3 is 2.29 bits per heavy atom. The molecule has 1 saturated heterocycles. The van der Waals surface area contributed by atoms with Crippen LogP contribution in [0.5, 0.6) is 0 Å². The number of sulfonamides is 1. The molecule has 0 saturated carbocycles. The topological polar surface area (TPSA) is 37.4 Å². The summed E-state index contributed by atoms with van der Waals surface area (Å²) in [6.45, 7) is 8.87. The fourth-order valence-corrected chi connectivity index (χ4v) is 3.34. The van der Waals surface area contributed by atoms with Gasteiger partial charge in [0.2, 0.25) is 10.0 Å². The highest BCUT2D eigenvalue weighted by Crippen LogP contribution is 2.28. The molecule has 1 fully saturated rings. The van der Waals surface area contributed by atoms with Crippen LogP contribution in [0, 0.1) is 12.8 Å². The molecule has 1 aromatic carbocycles. The first-order valence-electron chi connectivity index (χ1n) is 5.63. The van der Waals surface area contributed by atoms with Gasteiger partial charge in [0.05, 0.1) is 4.90 Å². The van der Waals surface area contributed by atoms with E-state index in [9.17, 15) is 8.42 Å². The molecule has 0 atom stereocenters. The largest absolute Gasteiger partial charge is 0.243 e. The van der Waals surface area contributed by atoms with E-state index in [1.54, 1.807) is 12.1 Å². The van der Waals surface area contributed by atoms with E-state index in [1.165, 1.54) is 4.31 Å². The quantitative estimate of drug-likeness (QED) is 0.772. The zero-order chi connectivity index (χ0) is 12.6. The van der Waals surface area contributed by atoms with Crippen molar-refractivity contribution in [3.05, 3.63) is 42.0 Å². The zero-order valence-electron chi connectivity index (χ0n) is 10.2. The van der Waals surface area contributed by atoms with Crippen molar-refractivity contribution in [2.45, 2.75) is 18.7 Å². The Hall–Kier alpha value is -1.13. The molecule has 0 amide bonds. The van der Waals surface area contributed by atoms with Crippen LogP contribution in [-0.2, 0) is 10.0 Å². The minimum Gasteiger partial charge on any atom is -0.207 e. The van der Waals surface area contributed by atoms with Crippen molar-refractivity contribution >= 4 is 10.0 Å². The molecule has 2 rings (SSSR count). The van der Waals surface area contributed by atoms with Gasteiger partial charge in [-0.1, -0.05) is 29.8 Å². The minimum atomic E-state index is -3.29. The summed E-state index contributed by atoms with van der Waals surface area (Å²) in [6, 6.07) is 6.98. The molecule has 0 bridgehead atoms. The molecule has 0 aromatic heterocycles. The first-order valence-corrected chi connectivity index (χ1v) is 7.07. The number of aryl methyl sites for hydroxylation is 1. The van der Waals surface area contributed by atoms with Gasteiger partial charge in [0.15, 0.2) is 0 Å².